The van der Waals surface area contributed by atoms with E-state index in [1.54, 1.807) is 0 Å². The second-order valence-corrected chi connectivity index (χ2v) is 5.62. The third-order valence-electron chi connectivity index (χ3n) is 4.38. The first kappa shape index (κ1) is 14.0. The lowest BCUT2D eigenvalue weighted by Gasteiger charge is -2.40. The van der Waals surface area contributed by atoms with E-state index in [-0.39, 0.29) is 5.60 Å². The van der Waals surface area contributed by atoms with Crippen molar-refractivity contribution in [1.29, 1.82) is 0 Å². The largest absolute Gasteiger partial charge is 0.390 e. The Morgan fingerprint density at radius 2 is 1.81 bits per heavy atom. The van der Waals surface area contributed by atoms with E-state index < -0.39 is 0 Å². The van der Waals surface area contributed by atoms with Gasteiger partial charge < -0.3 is 5.11 Å². The first-order valence-electron chi connectivity index (χ1n) is 7.45. The topological polar surface area (TPSA) is 20.2 Å². The molecule has 0 aromatic rings. The number of rotatable bonds is 7. The molecule has 2 atom stereocenters. The van der Waals surface area contributed by atoms with Gasteiger partial charge in [0.2, 0.25) is 0 Å². The Labute approximate surface area is 102 Å². The van der Waals surface area contributed by atoms with Crippen LogP contribution in [0.15, 0.2) is 0 Å². The lowest BCUT2D eigenvalue weighted by Crippen LogP contribution is -2.40. The highest BCUT2D eigenvalue weighted by atomic mass is 16.3. The summed E-state index contributed by atoms with van der Waals surface area (Å²) in [5, 5.41) is 10.7. The summed E-state index contributed by atoms with van der Waals surface area (Å²) in [4.78, 5) is 0. The molecule has 1 aliphatic carbocycles. The van der Waals surface area contributed by atoms with Gasteiger partial charge in [0.1, 0.15) is 0 Å². The highest BCUT2D eigenvalue weighted by Gasteiger charge is 2.36. The van der Waals surface area contributed by atoms with Crippen LogP contribution in [0, 0.1) is 5.92 Å². The van der Waals surface area contributed by atoms with Gasteiger partial charge >= 0.3 is 0 Å². The summed E-state index contributed by atoms with van der Waals surface area (Å²) in [6.45, 7) is 4.49. The van der Waals surface area contributed by atoms with Gasteiger partial charge in [0.25, 0.3) is 0 Å². The smallest absolute Gasteiger partial charge is 0.0675 e. The Balaban J connectivity index is 2.25. The molecule has 96 valence electrons. The van der Waals surface area contributed by atoms with E-state index in [0.717, 1.165) is 19.3 Å². The van der Waals surface area contributed by atoms with Crippen molar-refractivity contribution in [2.45, 2.75) is 90.1 Å². The van der Waals surface area contributed by atoms with E-state index in [2.05, 4.69) is 13.8 Å². The molecule has 0 aromatic heterocycles. The van der Waals surface area contributed by atoms with Crippen LogP contribution in [0.3, 0.4) is 0 Å². The Morgan fingerprint density at radius 1 is 1.06 bits per heavy atom. The summed E-state index contributed by atoms with van der Waals surface area (Å²) in [7, 11) is 0. The van der Waals surface area contributed by atoms with E-state index in [4.69, 9.17) is 0 Å². The van der Waals surface area contributed by atoms with Gasteiger partial charge in [-0.2, -0.15) is 0 Å². The lowest BCUT2D eigenvalue weighted by molar-refractivity contribution is -0.0579. The van der Waals surface area contributed by atoms with E-state index in [0.29, 0.717) is 5.92 Å². The van der Waals surface area contributed by atoms with Crippen molar-refractivity contribution < 1.29 is 5.11 Å². The van der Waals surface area contributed by atoms with Crippen molar-refractivity contribution >= 4 is 0 Å². The van der Waals surface area contributed by atoms with Crippen molar-refractivity contribution in [1.82, 2.24) is 0 Å². The van der Waals surface area contributed by atoms with Crippen molar-refractivity contribution in [2.24, 2.45) is 5.92 Å². The summed E-state index contributed by atoms with van der Waals surface area (Å²) in [5.41, 5.74) is -0.306. The predicted molar refractivity (Wildman–Crippen MR) is 70.6 cm³/mol. The summed E-state index contributed by atoms with van der Waals surface area (Å²) in [5.74, 6) is 0.576. The monoisotopic (exact) mass is 226 g/mol. The molecule has 1 saturated carbocycles. The minimum Gasteiger partial charge on any atom is -0.390 e. The molecule has 1 nitrogen and oxygen atoms in total. The molecule has 1 rings (SSSR count). The average Bonchev–Trinajstić information content (AvgIpc) is 2.29. The van der Waals surface area contributed by atoms with Crippen molar-refractivity contribution in [3.8, 4) is 0 Å². The standard InChI is InChI=1S/C15H30O/c1-3-5-6-7-9-12-15(16)13-10-8-11-14(15)4-2/h14,16H,3-13H2,1-2H3. The van der Waals surface area contributed by atoms with E-state index in [9.17, 15) is 5.11 Å². The molecule has 2 unspecified atom stereocenters. The van der Waals surface area contributed by atoms with E-state index in [1.807, 2.05) is 0 Å². The van der Waals surface area contributed by atoms with Crippen molar-refractivity contribution in [3.05, 3.63) is 0 Å². The van der Waals surface area contributed by atoms with Crippen LogP contribution in [0.4, 0.5) is 0 Å². The van der Waals surface area contributed by atoms with Gasteiger partial charge in [-0.25, -0.2) is 0 Å². The van der Waals surface area contributed by atoms with Crippen LogP contribution in [-0.4, -0.2) is 10.7 Å². The van der Waals surface area contributed by atoms with Crippen LogP contribution >= 0.6 is 0 Å². The normalized spacial score (nSPS) is 30.6. The zero-order chi connectivity index (χ0) is 11.9. The van der Waals surface area contributed by atoms with Gasteiger partial charge in [-0.3, -0.25) is 0 Å². The van der Waals surface area contributed by atoms with Crippen molar-refractivity contribution in [2.75, 3.05) is 0 Å². The Kier molecular flexibility index (Phi) is 6.41. The maximum absolute atomic E-state index is 10.7. The van der Waals surface area contributed by atoms with E-state index in [1.165, 1.54) is 51.4 Å². The van der Waals surface area contributed by atoms with Crippen LogP contribution in [0.2, 0.25) is 0 Å². The molecule has 0 heterocycles. The molecule has 0 aliphatic heterocycles. The summed E-state index contributed by atoms with van der Waals surface area (Å²) >= 11 is 0. The van der Waals surface area contributed by atoms with Crippen LogP contribution in [0.5, 0.6) is 0 Å². The molecule has 1 aliphatic rings. The fourth-order valence-corrected chi connectivity index (χ4v) is 3.24. The molecule has 0 aromatic carbocycles. The zero-order valence-electron chi connectivity index (χ0n) is 11.3. The van der Waals surface area contributed by atoms with Gasteiger partial charge in [-0.1, -0.05) is 65.2 Å². The fourth-order valence-electron chi connectivity index (χ4n) is 3.24. The van der Waals surface area contributed by atoms with Gasteiger partial charge in [-0.15, -0.1) is 0 Å². The molecule has 0 bridgehead atoms. The molecular weight excluding hydrogens is 196 g/mol. The van der Waals surface area contributed by atoms with Crippen molar-refractivity contribution in [3.63, 3.8) is 0 Å². The van der Waals surface area contributed by atoms with Crippen LogP contribution in [-0.2, 0) is 0 Å². The van der Waals surface area contributed by atoms with Crippen LogP contribution in [0.25, 0.3) is 0 Å². The number of hydrogen-bond acceptors (Lipinski definition) is 1. The molecule has 1 heteroatoms. The molecular formula is C15H30O. The van der Waals surface area contributed by atoms with E-state index >= 15 is 0 Å². The lowest BCUT2D eigenvalue weighted by atomic mass is 9.71. The Morgan fingerprint density at radius 3 is 2.50 bits per heavy atom. The zero-order valence-corrected chi connectivity index (χ0v) is 11.3. The Bertz CT molecular complexity index is 178. The molecule has 0 amide bonds. The average molecular weight is 226 g/mol. The summed E-state index contributed by atoms with van der Waals surface area (Å²) in [6, 6.07) is 0. The summed E-state index contributed by atoms with van der Waals surface area (Å²) < 4.78 is 0. The molecule has 0 saturated heterocycles. The highest BCUT2D eigenvalue weighted by molar-refractivity contribution is 4.89. The minimum atomic E-state index is -0.306. The molecule has 16 heavy (non-hydrogen) atoms. The Hall–Kier alpha value is -0.0400. The maximum Gasteiger partial charge on any atom is 0.0675 e. The molecule has 1 fully saturated rings. The maximum atomic E-state index is 10.7. The predicted octanol–water partition coefficient (Wildman–Crippen LogP) is 4.68. The van der Waals surface area contributed by atoms with Gasteiger partial charge in [0.15, 0.2) is 0 Å². The first-order chi connectivity index (χ1) is 7.73. The summed E-state index contributed by atoms with van der Waals surface area (Å²) in [6.07, 6.45) is 13.6. The third kappa shape index (κ3) is 4.08. The fraction of sp³-hybridized carbons (Fsp3) is 1.00. The highest BCUT2D eigenvalue weighted by Crippen LogP contribution is 2.39. The number of unbranched alkanes of at least 4 members (excludes halogenated alkanes) is 4. The molecule has 0 radical (unpaired) electrons. The molecule has 1 N–H and O–H groups in total. The number of hydrogen-bond donors (Lipinski definition) is 1. The quantitative estimate of drug-likeness (QED) is 0.625. The first-order valence-corrected chi connectivity index (χ1v) is 7.45. The third-order valence-corrected chi connectivity index (χ3v) is 4.38. The minimum absolute atomic E-state index is 0.306. The number of aliphatic hydroxyl groups is 1. The van der Waals surface area contributed by atoms with Gasteiger partial charge in [-0.05, 0) is 25.2 Å². The molecule has 0 spiro atoms. The van der Waals surface area contributed by atoms with Gasteiger partial charge in [0.05, 0.1) is 5.60 Å². The van der Waals surface area contributed by atoms with Gasteiger partial charge in [0, 0.05) is 0 Å². The van der Waals surface area contributed by atoms with Crippen LogP contribution in [0.1, 0.15) is 84.5 Å². The SMILES string of the molecule is CCCCCCCC1(O)CCCCC1CC. The second kappa shape index (κ2) is 7.32. The second-order valence-electron chi connectivity index (χ2n) is 5.62. The van der Waals surface area contributed by atoms with Crippen LogP contribution < -0.4 is 0 Å².